The standard InChI is InChI=1S/C86H54N4/c1-45(2)57-30-73-66-29-48-13-7-9-15-50(48)35-78(66)89-81-38-55-16-10-18-61(63(55)42-69(81)74(31-57)84(73)89)62-19-11-17-56-39-82-70(43-64(56)62)76-41-60(86(3,4)5)40-75-68-33-59-27-52(21-23-54(59)37-80(68)90(82)85(75)76)51-20-22-53-36-79-67(32-58(53)26-51)72-25-46(44-87)24-71-65-28-47-12-6-8-14-49(47)34-77(65)88(79)83(71)72/h6-43,45H,1-5H3. The summed E-state index contributed by atoms with van der Waals surface area (Å²) >= 11 is 0. The van der Waals surface area contributed by atoms with Gasteiger partial charge < -0.3 is 13.2 Å². The summed E-state index contributed by atoms with van der Waals surface area (Å²) in [6.45, 7) is 11.7. The summed E-state index contributed by atoms with van der Waals surface area (Å²) in [6, 6.07) is 90.7. The van der Waals surface area contributed by atoms with Gasteiger partial charge in [-0.1, -0.05) is 144 Å². The van der Waals surface area contributed by atoms with Crippen molar-refractivity contribution >= 4 is 179 Å². The van der Waals surface area contributed by atoms with Crippen LogP contribution >= 0.6 is 0 Å². The monoisotopic (exact) mass is 1140 g/mol. The van der Waals surface area contributed by atoms with Gasteiger partial charge in [0, 0.05) is 64.6 Å². The van der Waals surface area contributed by atoms with E-state index in [0.717, 1.165) is 10.8 Å². The van der Waals surface area contributed by atoms with Crippen LogP contribution in [0, 0.1) is 11.3 Å². The number of hydrogen-bond donors (Lipinski definition) is 0. The van der Waals surface area contributed by atoms with E-state index in [4.69, 9.17) is 0 Å². The molecule has 0 aliphatic heterocycles. The highest BCUT2D eigenvalue weighted by Gasteiger charge is 2.27. The number of rotatable bonds is 3. The summed E-state index contributed by atoms with van der Waals surface area (Å²) in [4.78, 5) is 0. The molecule has 4 heteroatoms. The second-order valence-electron chi connectivity index (χ2n) is 27.4. The van der Waals surface area contributed by atoms with Crippen LogP contribution in [0.1, 0.15) is 57.2 Å². The smallest absolute Gasteiger partial charge is 0.0992 e. The first-order valence-electron chi connectivity index (χ1n) is 31.7. The summed E-state index contributed by atoms with van der Waals surface area (Å²) in [7, 11) is 0. The van der Waals surface area contributed by atoms with Crippen molar-refractivity contribution in [2.75, 3.05) is 0 Å². The third-order valence-electron chi connectivity index (χ3n) is 21.1. The molecule has 0 aliphatic carbocycles. The molecule has 0 unspecified atom stereocenters. The summed E-state index contributed by atoms with van der Waals surface area (Å²) < 4.78 is 7.55. The van der Waals surface area contributed by atoms with Crippen LogP contribution in [0.25, 0.3) is 201 Å². The fourth-order valence-corrected chi connectivity index (χ4v) is 16.7. The van der Waals surface area contributed by atoms with Crippen molar-refractivity contribution in [2.24, 2.45) is 0 Å². The largest absolute Gasteiger partial charge is 0.308 e. The van der Waals surface area contributed by atoms with E-state index in [1.165, 1.54) is 202 Å². The number of benzene rings is 15. The summed E-state index contributed by atoms with van der Waals surface area (Å²) in [5, 5.41) is 40.1. The normalized spacial score (nSPS) is 13.0. The predicted molar refractivity (Wildman–Crippen MR) is 384 cm³/mol. The second-order valence-corrected chi connectivity index (χ2v) is 27.4. The summed E-state index contributed by atoms with van der Waals surface area (Å²) in [6.07, 6.45) is 0. The number of nitrogens with zero attached hydrogens (tertiary/aromatic N) is 4. The van der Waals surface area contributed by atoms with E-state index in [1.807, 2.05) is 0 Å². The van der Waals surface area contributed by atoms with E-state index >= 15 is 0 Å². The van der Waals surface area contributed by atoms with Gasteiger partial charge in [-0.3, -0.25) is 0 Å². The van der Waals surface area contributed by atoms with Crippen LogP contribution in [0.15, 0.2) is 231 Å². The molecule has 0 saturated heterocycles. The van der Waals surface area contributed by atoms with Crippen molar-refractivity contribution in [1.29, 1.82) is 5.26 Å². The van der Waals surface area contributed by atoms with Crippen LogP contribution in [-0.2, 0) is 5.41 Å². The topological polar surface area (TPSA) is 37.0 Å². The Morgan fingerprint density at radius 1 is 0.300 bits per heavy atom. The molecule has 15 aromatic carbocycles. The fourth-order valence-electron chi connectivity index (χ4n) is 16.7. The molecule has 0 bridgehead atoms. The number of hydrogen-bond acceptors (Lipinski definition) is 1. The van der Waals surface area contributed by atoms with Crippen molar-refractivity contribution in [1.82, 2.24) is 13.2 Å². The van der Waals surface area contributed by atoms with Gasteiger partial charge in [0.05, 0.1) is 61.3 Å². The Balaban J connectivity index is 0.726. The van der Waals surface area contributed by atoms with Crippen molar-refractivity contribution in [3.63, 3.8) is 0 Å². The maximum absolute atomic E-state index is 10.3. The molecule has 0 amide bonds. The van der Waals surface area contributed by atoms with Gasteiger partial charge in [0.1, 0.15) is 0 Å². The van der Waals surface area contributed by atoms with Crippen LogP contribution in [0.3, 0.4) is 0 Å². The molecule has 0 N–H and O–H groups in total. The lowest BCUT2D eigenvalue weighted by Crippen LogP contribution is -2.10. The van der Waals surface area contributed by atoms with Crippen LogP contribution < -0.4 is 0 Å². The molecule has 4 nitrogen and oxygen atoms in total. The van der Waals surface area contributed by atoms with E-state index in [9.17, 15) is 5.26 Å². The van der Waals surface area contributed by atoms with Gasteiger partial charge in [-0.2, -0.15) is 5.26 Å². The van der Waals surface area contributed by atoms with E-state index in [1.54, 1.807) is 0 Å². The molecule has 90 heavy (non-hydrogen) atoms. The molecule has 418 valence electrons. The first-order valence-corrected chi connectivity index (χ1v) is 31.7. The minimum Gasteiger partial charge on any atom is -0.308 e. The molecule has 0 saturated carbocycles. The average molecular weight is 1140 g/mol. The zero-order valence-corrected chi connectivity index (χ0v) is 50.3. The van der Waals surface area contributed by atoms with E-state index in [0.29, 0.717) is 11.5 Å². The third kappa shape index (κ3) is 6.28. The Kier molecular flexibility index (Phi) is 9.04. The quantitative estimate of drug-likeness (QED) is 0.174. The van der Waals surface area contributed by atoms with Crippen molar-refractivity contribution in [3.8, 4) is 28.3 Å². The van der Waals surface area contributed by atoms with Gasteiger partial charge in [-0.15, -0.1) is 0 Å². The molecular weight excluding hydrogens is 1090 g/mol. The lowest BCUT2D eigenvalue weighted by atomic mass is 9.85. The predicted octanol–water partition coefficient (Wildman–Crippen LogP) is 23.7. The van der Waals surface area contributed by atoms with Crippen LogP contribution in [0.4, 0.5) is 0 Å². The maximum atomic E-state index is 10.3. The molecule has 6 aromatic heterocycles. The summed E-state index contributed by atoms with van der Waals surface area (Å²) in [5.41, 5.74) is 19.3. The number of fused-ring (bicyclic) bond motifs is 24. The molecule has 21 aromatic rings. The lowest BCUT2D eigenvalue weighted by molar-refractivity contribution is 0.592. The highest BCUT2D eigenvalue weighted by Crippen LogP contribution is 2.49. The highest BCUT2D eigenvalue weighted by atomic mass is 14.9. The maximum Gasteiger partial charge on any atom is 0.0992 e. The first kappa shape index (κ1) is 48.8. The van der Waals surface area contributed by atoms with Crippen LogP contribution in [-0.4, -0.2) is 13.2 Å². The van der Waals surface area contributed by atoms with Gasteiger partial charge in [0.25, 0.3) is 0 Å². The van der Waals surface area contributed by atoms with Gasteiger partial charge in [0.2, 0.25) is 0 Å². The van der Waals surface area contributed by atoms with Crippen LogP contribution in [0.2, 0.25) is 0 Å². The van der Waals surface area contributed by atoms with Gasteiger partial charge in [0.15, 0.2) is 0 Å². The summed E-state index contributed by atoms with van der Waals surface area (Å²) in [5.74, 6) is 0.393. The molecule has 0 spiro atoms. The molecule has 0 aliphatic rings. The molecule has 6 heterocycles. The number of nitriles is 1. The van der Waals surface area contributed by atoms with Gasteiger partial charge in [-0.25, -0.2) is 0 Å². The van der Waals surface area contributed by atoms with Crippen molar-refractivity contribution in [2.45, 2.75) is 46.0 Å². The Morgan fingerprint density at radius 3 is 1.02 bits per heavy atom. The SMILES string of the molecule is CC(C)c1cc2c3cc4ccccc4cc3n3c4cc5cccc(-c6cccc7cc8c(cc67)c6cc(C(C)(C)C)cc7c9cc%10cc(-c%11ccc%12cc%13c(cc%12c%11)c%11cc(C#N)cc%12c%14cc%15ccccc%15cc%14n%13c%12%11)ccc%10cc9n8c76)c5cc4c(c1)c23. The van der Waals surface area contributed by atoms with Gasteiger partial charge >= 0.3 is 0 Å². The first-order chi connectivity index (χ1) is 44.0. The molecule has 0 fully saturated rings. The van der Waals surface area contributed by atoms with E-state index < -0.39 is 0 Å². The highest BCUT2D eigenvalue weighted by molar-refractivity contribution is 6.30. The molecule has 0 atom stereocenters. The average Bonchev–Trinajstić information content (AvgIpc) is 1.56. The minimum absolute atomic E-state index is 0.0778. The number of aromatic nitrogens is 3. The molecule has 0 radical (unpaired) electrons. The van der Waals surface area contributed by atoms with E-state index in [2.05, 4.69) is 284 Å². The third-order valence-corrected chi connectivity index (χ3v) is 21.1. The lowest BCUT2D eigenvalue weighted by Gasteiger charge is -2.19. The zero-order chi connectivity index (χ0) is 59.5. The Labute approximate surface area is 515 Å². The van der Waals surface area contributed by atoms with Crippen molar-refractivity contribution in [3.05, 3.63) is 247 Å². The zero-order valence-electron chi connectivity index (χ0n) is 50.3. The Bertz CT molecular complexity index is 6910. The van der Waals surface area contributed by atoms with Crippen LogP contribution in [0.5, 0.6) is 0 Å². The van der Waals surface area contributed by atoms with E-state index in [-0.39, 0.29) is 5.41 Å². The second kappa shape index (κ2) is 16.7. The Morgan fingerprint density at radius 2 is 0.633 bits per heavy atom. The molecular formula is C86H54N4. The minimum atomic E-state index is -0.0778. The fraction of sp³-hybridized carbons (Fsp3) is 0.0814. The Hall–Kier alpha value is -11.3. The molecule has 21 rings (SSSR count). The van der Waals surface area contributed by atoms with Crippen molar-refractivity contribution < 1.29 is 0 Å². The van der Waals surface area contributed by atoms with Gasteiger partial charge in [-0.05, 0) is 231 Å².